The first-order valence-corrected chi connectivity index (χ1v) is 53.3. The van der Waals surface area contributed by atoms with Gasteiger partial charge in [-0.05, 0) is 174 Å². The van der Waals surface area contributed by atoms with Crippen molar-refractivity contribution in [3.05, 3.63) is 474 Å². The molecule has 11 aromatic heterocycles. The van der Waals surface area contributed by atoms with E-state index in [1.54, 1.807) is 18.3 Å². The molecule has 17 heteroatoms. The lowest BCUT2D eigenvalue weighted by Crippen LogP contribution is -2.18. The lowest BCUT2D eigenvalue weighted by Gasteiger charge is -2.20. The fourth-order valence-corrected chi connectivity index (χ4v) is 29.8. The zero-order chi connectivity index (χ0) is 101. The lowest BCUT2D eigenvalue weighted by atomic mass is 9.81. The molecule has 33 rings (SSSR count). The number of para-hydroxylation sites is 7. The van der Waals surface area contributed by atoms with Crippen LogP contribution in [0.25, 0.3) is 161 Å². The highest BCUT2D eigenvalue weighted by Gasteiger charge is 2.51. The van der Waals surface area contributed by atoms with Crippen LogP contribution in [0.3, 0.4) is 0 Å². The number of ketones is 1. The normalized spacial score (nSPS) is 16.1. The molecule has 0 saturated carbocycles. The van der Waals surface area contributed by atoms with Crippen molar-refractivity contribution in [2.75, 3.05) is 0 Å². The van der Waals surface area contributed by atoms with E-state index in [1.807, 2.05) is 110 Å². The number of carbonyl (C=O) groups is 1. The van der Waals surface area contributed by atoms with Gasteiger partial charge in [-0.25, -0.2) is 17.6 Å². The Kier molecular flexibility index (Phi) is 18.9. The van der Waals surface area contributed by atoms with Crippen LogP contribution in [0.1, 0.15) is 167 Å². The van der Waals surface area contributed by atoms with Crippen molar-refractivity contribution in [3.8, 4) is 95.6 Å². The van der Waals surface area contributed by atoms with Crippen molar-refractivity contribution >= 4 is 92.2 Å². The molecule has 0 fully saturated rings. The number of fused-ring (bicyclic) bond motifs is 42. The van der Waals surface area contributed by atoms with Gasteiger partial charge in [0, 0.05) is 193 Å². The van der Waals surface area contributed by atoms with Gasteiger partial charge >= 0.3 is 0 Å². The molecule has 1 atom stereocenters. The molecular weight excluding hydrogens is 1860 g/mol. The number of carbonyl (C=O) groups excluding carboxylic acids is 1. The van der Waals surface area contributed by atoms with Crippen LogP contribution in [0.2, 0.25) is 0 Å². The third-order valence-corrected chi connectivity index (χ3v) is 36.4. The molecule has 0 bridgehead atoms. The number of aromatic nitrogens is 9. The largest absolute Gasteiger partial charge is 0.454 e. The maximum Gasteiger partial charge on any atom is 0.209 e. The second-order valence-corrected chi connectivity index (χ2v) is 46.6. The standard InChI is InChI=1S/C37H28N2.C20H15NO.C19H15NO2S.C19H15NO.C18H14N2OS.C18H14N2O/c1-37(2)32-18-10-12-20-34(32)39-35(37)24-31-30-17-9-11-19-33(30)38(36(31)39)29-22-27(25-13-5-3-6-14-25)21-28(23-29)26-15-7-4-8-16-26;1-20(2)15-9-5-6-10-16(15)21-11-14-12-7-3-4-8-13(12)18(22)17(14)19(20)21;1-19(2)14-8-4-5-9-15(14)20-11-13-12-7-3-6-10-16(12)23(21,22)17(13)18(19)20;1-19(2)14-8-4-5-9-15(14)20-11-13-12-7-3-6-10-16(12)21-17(13)18(19)20;1-18(2)13-7-5-9-19-17(13)20-10-12-11-6-3-4-8-14(11)22(21)15(12)16(18)20;1-18(2)13-5-3-4-6-14(13)20-10-12-11-9-19-8-7-15(11)21-16(12)17(18)20/h3-24H,1-2H3;3-11H,1-2H3;3-11H,1-2H3;3-11H,1-2H3;3-10H,1-2H3;3-10H,1-2H3. The van der Waals surface area contributed by atoms with Crippen LogP contribution in [-0.2, 0) is 53.1 Å². The van der Waals surface area contributed by atoms with E-state index in [0.717, 1.165) is 116 Å². The summed E-state index contributed by atoms with van der Waals surface area (Å²) in [5.41, 5.74) is 40.0. The summed E-state index contributed by atoms with van der Waals surface area (Å²) in [6.45, 7) is 26.8. The van der Waals surface area contributed by atoms with Crippen molar-refractivity contribution < 1.29 is 26.3 Å². The Labute approximate surface area is 859 Å². The van der Waals surface area contributed by atoms with Gasteiger partial charge in [-0.3, -0.25) is 18.9 Å². The van der Waals surface area contributed by atoms with Gasteiger partial charge in [-0.1, -0.05) is 310 Å². The number of hydrogen-bond donors (Lipinski definition) is 0. The molecule has 1 unspecified atom stereocenters. The smallest absolute Gasteiger partial charge is 0.209 e. The summed E-state index contributed by atoms with van der Waals surface area (Å²) in [7, 11) is -4.56. The predicted molar refractivity (Wildman–Crippen MR) is 593 cm³/mol. The molecular formula is C131H101N9O6S2. The number of pyridine rings is 2. The molecule has 19 heterocycles. The van der Waals surface area contributed by atoms with Crippen LogP contribution in [-0.4, -0.2) is 60.3 Å². The van der Waals surface area contributed by atoms with Gasteiger partial charge in [-0.2, -0.15) is 0 Å². The van der Waals surface area contributed by atoms with Gasteiger partial charge in [-0.15, -0.1) is 0 Å². The molecule has 148 heavy (non-hydrogen) atoms. The quantitative estimate of drug-likeness (QED) is 0.169. The summed E-state index contributed by atoms with van der Waals surface area (Å²) in [5, 5.41) is 7.23. The molecule has 15 nitrogen and oxygen atoms in total. The van der Waals surface area contributed by atoms with Crippen molar-refractivity contribution in [1.29, 1.82) is 0 Å². The summed E-state index contributed by atoms with van der Waals surface area (Å²) in [6, 6.07) is 120. The fraction of sp³-hybridized carbons (Fsp3) is 0.137. The Morgan fingerprint density at radius 2 is 0.770 bits per heavy atom. The molecule has 13 aromatic carbocycles. The molecule has 0 amide bonds. The van der Waals surface area contributed by atoms with Crippen LogP contribution in [0, 0.1) is 0 Å². The van der Waals surface area contributed by atoms with E-state index in [4.69, 9.17) is 8.83 Å². The Balaban J connectivity index is 0.0000000872. The Hall–Kier alpha value is -17.0. The van der Waals surface area contributed by atoms with E-state index in [9.17, 15) is 17.4 Å². The Morgan fingerprint density at radius 3 is 1.39 bits per heavy atom. The van der Waals surface area contributed by atoms with Crippen LogP contribution in [0.15, 0.2) is 424 Å². The molecule has 1 aliphatic carbocycles. The van der Waals surface area contributed by atoms with Crippen molar-refractivity contribution in [2.24, 2.45) is 0 Å². The second-order valence-electron chi connectivity index (χ2n) is 43.4. The van der Waals surface area contributed by atoms with E-state index < -0.39 is 20.6 Å². The summed E-state index contributed by atoms with van der Waals surface area (Å²) in [4.78, 5) is 24.5. The molecule has 0 spiro atoms. The third-order valence-electron chi connectivity index (χ3n) is 33.0. The number of furan rings is 2. The lowest BCUT2D eigenvalue weighted by molar-refractivity contribution is 0.104. The van der Waals surface area contributed by atoms with Gasteiger partial charge in [0.05, 0.1) is 65.0 Å². The minimum Gasteiger partial charge on any atom is -0.454 e. The van der Waals surface area contributed by atoms with Crippen LogP contribution in [0.4, 0.5) is 0 Å². The van der Waals surface area contributed by atoms with E-state index in [-0.39, 0.29) is 38.3 Å². The average Bonchev–Trinajstić information content (AvgIpc) is 1.52. The van der Waals surface area contributed by atoms with Gasteiger partial charge in [0.15, 0.2) is 16.9 Å². The number of benzene rings is 13. The first kappa shape index (κ1) is 88.7. The summed E-state index contributed by atoms with van der Waals surface area (Å²) in [6.07, 6.45) is 16.1. The van der Waals surface area contributed by atoms with Gasteiger partial charge < -0.3 is 31.7 Å². The van der Waals surface area contributed by atoms with Crippen LogP contribution < -0.4 is 0 Å². The predicted octanol–water partition coefficient (Wildman–Crippen LogP) is 30.9. The first-order chi connectivity index (χ1) is 71.6. The zero-order valence-corrected chi connectivity index (χ0v) is 85.5. The van der Waals surface area contributed by atoms with Crippen LogP contribution in [0.5, 0.6) is 0 Å². The SMILES string of the molecule is CC1(C)c2ccccc2-n2c1cc1c3ccccc3n(-c3cc(-c4ccccc4)cc(-c4ccccc4)c3)c12.CC1(C)c2ccccc2-n2cc3c(c21)C(=O)c1ccccc1-3.CC1(C)c2ccccc2-n2cc3c(c21)S(=O)(=O)c1ccccc1-3.CC1(C)c2ccccc2-n2cc3c(oc4ccccc43)c21.CC1(C)c2ccccc2-n2cc3c(oc4ccncc43)c21.CC1(C)c2cccnc2-n2cc3c(c21)S(=O)c1ccccc1-3. The number of rotatable bonds is 3. The highest BCUT2D eigenvalue weighted by atomic mass is 32.2. The fourth-order valence-electron chi connectivity index (χ4n) is 26.1. The zero-order valence-electron chi connectivity index (χ0n) is 83.8. The summed E-state index contributed by atoms with van der Waals surface area (Å²) in [5.74, 6) is 1.13. The van der Waals surface area contributed by atoms with E-state index in [2.05, 4.69) is 392 Å². The molecule has 718 valence electrons. The summed E-state index contributed by atoms with van der Waals surface area (Å²) < 4.78 is 67.6. The van der Waals surface area contributed by atoms with E-state index in [1.165, 1.54) is 134 Å². The second kappa shape index (κ2) is 31.5. The molecule has 9 aliphatic rings. The molecule has 24 aromatic rings. The first-order valence-electron chi connectivity index (χ1n) is 50.7. The van der Waals surface area contributed by atoms with Crippen molar-refractivity contribution in [3.63, 3.8) is 0 Å². The molecule has 8 aliphatic heterocycles. The monoisotopic (exact) mass is 1960 g/mol. The average molecular weight is 1960 g/mol. The van der Waals surface area contributed by atoms with E-state index in [0.29, 0.717) is 9.79 Å². The van der Waals surface area contributed by atoms with E-state index >= 15 is 0 Å². The van der Waals surface area contributed by atoms with Gasteiger partial charge in [0.25, 0.3) is 0 Å². The Morgan fingerprint density at radius 1 is 0.318 bits per heavy atom. The minimum absolute atomic E-state index is 0.0355. The highest BCUT2D eigenvalue weighted by molar-refractivity contribution is 7.92. The van der Waals surface area contributed by atoms with Gasteiger partial charge in [0.2, 0.25) is 9.84 Å². The van der Waals surface area contributed by atoms with Gasteiger partial charge in [0.1, 0.15) is 27.5 Å². The van der Waals surface area contributed by atoms with Crippen LogP contribution >= 0.6 is 0 Å². The molecule has 0 N–H and O–H groups in total. The maximum absolute atomic E-state index is 13.1. The molecule has 0 saturated heterocycles. The highest BCUT2D eigenvalue weighted by Crippen LogP contribution is 2.60. The Bertz CT molecular complexity index is 9630. The number of sulfone groups is 1. The third kappa shape index (κ3) is 12.3. The van der Waals surface area contributed by atoms with Crippen molar-refractivity contribution in [2.45, 2.75) is 135 Å². The van der Waals surface area contributed by atoms with Crippen molar-refractivity contribution in [1.82, 2.24) is 41.9 Å². The number of nitrogens with zero attached hydrogens (tertiary/aromatic N) is 9. The number of hydrogen-bond acceptors (Lipinski definition) is 8. The minimum atomic E-state index is -3.46. The molecule has 0 radical (unpaired) electrons. The maximum atomic E-state index is 13.1. The summed E-state index contributed by atoms with van der Waals surface area (Å²) >= 11 is 0. The topological polar surface area (TPSA) is 155 Å².